The van der Waals surface area contributed by atoms with Gasteiger partial charge in [0.1, 0.15) is 0 Å². The first kappa shape index (κ1) is 21.4. The second-order valence-corrected chi connectivity index (χ2v) is 7.49. The Morgan fingerprint density at radius 2 is 1.83 bits per heavy atom. The molecule has 1 aromatic rings. The van der Waals surface area contributed by atoms with Crippen molar-refractivity contribution in [2.75, 3.05) is 47.5 Å². The molecular weight excluding hydrogens is 374 g/mol. The zero-order valence-electron chi connectivity index (χ0n) is 17.5. The van der Waals surface area contributed by atoms with Crippen molar-refractivity contribution < 1.29 is 23.8 Å². The number of hydrogen-bond acceptors (Lipinski definition) is 6. The molecule has 0 saturated carbocycles. The number of rotatable bonds is 7. The van der Waals surface area contributed by atoms with Crippen molar-refractivity contribution >= 4 is 11.8 Å². The Kier molecular flexibility index (Phi) is 7.33. The van der Waals surface area contributed by atoms with Gasteiger partial charge in [-0.05, 0) is 30.5 Å². The fourth-order valence-corrected chi connectivity index (χ4v) is 4.02. The third-order valence-electron chi connectivity index (χ3n) is 5.77. The number of likely N-dealkylation sites (tertiary alicyclic amines) is 1. The number of nitrogens with one attached hydrogen (secondary N) is 1. The molecule has 8 nitrogen and oxygen atoms in total. The maximum Gasteiger partial charge on any atom is 0.237 e. The second-order valence-electron chi connectivity index (χ2n) is 7.49. The lowest BCUT2D eigenvalue weighted by Gasteiger charge is -2.37. The lowest BCUT2D eigenvalue weighted by molar-refractivity contribution is -0.140. The van der Waals surface area contributed by atoms with Gasteiger partial charge >= 0.3 is 0 Å². The highest BCUT2D eigenvalue weighted by molar-refractivity contribution is 5.88. The maximum absolute atomic E-state index is 12.8. The van der Waals surface area contributed by atoms with Crippen LogP contribution >= 0.6 is 0 Å². The van der Waals surface area contributed by atoms with Crippen molar-refractivity contribution in [3.05, 3.63) is 23.8 Å². The number of nitrogens with zero attached hydrogens (tertiary/aromatic N) is 2. The molecule has 29 heavy (non-hydrogen) atoms. The summed E-state index contributed by atoms with van der Waals surface area (Å²) in [7, 11) is 4.91. The van der Waals surface area contributed by atoms with E-state index in [1.807, 2.05) is 23.1 Å². The first-order valence-electron chi connectivity index (χ1n) is 10.1. The minimum absolute atomic E-state index is 0.0268. The highest BCUT2D eigenvalue weighted by Gasteiger charge is 2.34. The predicted octanol–water partition coefficient (Wildman–Crippen LogP) is 1.03. The molecule has 2 aliphatic rings. The van der Waals surface area contributed by atoms with Gasteiger partial charge < -0.3 is 24.4 Å². The Labute approximate surface area is 172 Å². The number of carbonyl (C=O) groups excluding carboxylic acids is 2. The molecule has 2 amide bonds. The molecule has 2 heterocycles. The topological polar surface area (TPSA) is 80.3 Å². The van der Waals surface area contributed by atoms with Gasteiger partial charge in [0.2, 0.25) is 11.8 Å². The van der Waals surface area contributed by atoms with Crippen molar-refractivity contribution in [1.29, 1.82) is 0 Å². The molecule has 0 radical (unpaired) electrons. The van der Waals surface area contributed by atoms with Crippen LogP contribution in [0.5, 0.6) is 11.5 Å². The lowest BCUT2D eigenvalue weighted by Crippen LogP contribution is -2.56. The SMILES string of the molecule is COc1ccc(CN2CCNC(=O)C2CC(=O)N2CCC(OC)CC2)cc1OC. The quantitative estimate of drug-likeness (QED) is 0.730. The number of benzene rings is 1. The van der Waals surface area contributed by atoms with Crippen molar-refractivity contribution in [2.45, 2.75) is 38.0 Å². The monoisotopic (exact) mass is 405 g/mol. The molecule has 2 fully saturated rings. The summed E-state index contributed by atoms with van der Waals surface area (Å²) in [6.07, 6.45) is 2.10. The van der Waals surface area contributed by atoms with Crippen LogP contribution in [0.2, 0.25) is 0 Å². The minimum atomic E-state index is -0.468. The molecule has 0 aromatic heterocycles. The van der Waals surface area contributed by atoms with E-state index in [0.29, 0.717) is 44.2 Å². The second kappa shape index (κ2) is 9.93. The summed E-state index contributed by atoms with van der Waals surface area (Å²) in [5.41, 5.74) is 1.01. The average molecular weight is 405 g/mol. The number of ether oxygens (including phenoxy) is 3. The summed E-state index contributed by atoms with van der Waals surface area (Å²) in [5.74, 6) is 1.26. The summed E-state index contributed by atoms with van der Waals surface area (Å²) >= 11 is 0. The van der Waals surface area contributed by atoms with E-state index in [-0.39, 0.29) is 24.3 Å². The summed E-state index contributed by atoms with van der Waals surface area (Å²) in [6, 6.07) is 5.27. The van der Waals surface area contributed by atoms with Crippen molar-refractivity contribution in [3.8, 4) is 11.5 Å². The maximum atomic E-state index is 12.8. The van der Waals surface area contributed by atoms with Crippen LogP contribution in [0.25, 0.3) is 0 Å². The summed E-state index contributed by atoms with van der Waals surface area (Å²) in [6.45, 7) is 3.21. The Balaban J connectivity index is 1.66. The first-order valence-corrected chi connectivity index (χ1v) is 10.1. The standard InChI is InChI=1S/C21H31N3O5/c1-27-16-6-9-23(10-7-16)20(25)13-17-21(26)22-8-11-24(17)14-15-4-5-18(28-2)19(12-15)29-3/h4-5,12,16-17H,6-11,13-14H2,1-3H3,(H,22,26). The van der Waals surface area contributed by atoms with Crippen LogP contribution in [0.15, 0.2) is 18.2 Å². The van der Waals surface area contributed by atoms with Crippen LogP contribution in [0, 0.1) is 0 Å². The molecule has 1 N–H and O–H groups in total. The molecule has 1 atom stereocenters. The molecule has 8 heteroatoms. The molecule has 160 valence electrons. The van der Waals surface area contributed by atoms with E-state index < -0.39 is 6.04 Å². The zero-order chi connectivity index (χ0) is 20.8. The largest absolute Gasteiger partial charge is 0.493 e. The summed E-state index contributed by atoms with van der Waals surface area (Å²) < 4.78 is 16.1. The van der Waals surface area contributed by atoms with Crippen LogP contribution in [-0.4, -0.2) is 81.3 Å². The smallest absolute Gasteiger partial charge is 0.237 e. The van der Waals surface area contributed by atoms with Gasteiger partial charge in [-0.1, -0.05) is 6.07 Å². The number of methoxy groups -OCH3 is 3. The lowest BCUT2D eigenvalue weighted by atomic mass is 10.0. The van der Waals surface area contributed by atoms with Gasteiger partial charge in [0.05, 0.1) is 32.8 Å². The van der Waals surface area contributed by atoms with E-state index in [0.717, 1.165) is 18.4 Å². The highest BCUT2D eigenvalue weighted by atomic mass is 16.5. The minimum Gasteiger partial charge on any atom is -0.493 e. The Hall–Kier alpha value is -2.32. The van der Waals surface area contributed by atoms with Gasteiger partial charge in [0, 0.05) is 39.8 Å². The van der Waals surface area contributed by atoms with Gasteiger partial charge in [0.25, 0.3) is 0 Å². The molecule has 3 rings (SSSR count). The third-order valence-corrected chi connectivity index (χ3v) is 5.77. The normalized spacial score (nSPS) is 21.0. The van der Waals surface area contributed by atoms with Crippen LogP contribution in [0.3, 0.4) is 0 Å². The number of amides is 2. The molecule has 0 bridgehead atoms. The van der Waals surface area contributed by atoms with E-state index in [1.54, 1.807) is 21.3 Å². The zero-order valence-corrected chi connectivity index (χ0v) is 17.5. The van der Waals surface area contributed by atoms with Gasteiger partial charge in [0.15, 0.2) is 11.5 Å². The Bertz CT molecular complexity index is 718. The first-order chi connectivity index (χ1) is 14.0. The van der Waals surface area contributed by atoms with Crippen molar-refractivity contribution in [3.63, 3.8) is 0 Å². The summed E-state index contributed by atoms with van der Waals surface area (Å²) in [5, 5.41) is 2.90. The molecule has 2 aliphatic heterocycles. The molecule has 1 unspecified atom stereocenters. The van der Waals surface area contributed by atoms with Crippen LogP contribution in [0.4, 0.5) is 0 Å². The van der Waals surface area contributed by atoms with E-state index in [4.69, 9.17) is 14.2 Å². The Morgan fingerprint density at radius 3 is 2.48 bits per heavy atom. The van der Waals surface area contributed by atoms with E-state index in [2.05, 4.69) is 10.2 Å². The number of piperazine rings is 1. The highest BCUT2D eigenvalue weighted by Crippen LogP contribution is 2.28. The Morgan fingerprint density at radius 1 is 1.10 bits per heavy atom. The van der Waals surface area contributed by atoms with Gasteiger partial charge in [-0.25, -0.2) is 0 Å². The predicted molar refractivity (Wildman–Crippen MR) is 108 cm³/mol. The van der Waals surface area contributed by atoms with Gasteiger partial charge in [-0.3, -0.25) is 14.5 Å². The van der Waals surface area contributed by atoms with Crippen molar-refractivity contribution in [2.24, 2.45) is 0 Å². The van der Waals surface area contributed by atoms with E-state index in [9.17, 15) is 9.59 Å². The molecule has 2 saturated heterocycles. The van der Waals surface area contributed by atoms with E-state index in [1.165, 1.54) is 0 Å². The molecule has 0 spiro atoms. The number of piperidine rings is 1. The molecular formula is C21H31N3O5. The number of hydrogen-bond donors (Lipinski definition) is 1. The summed E-state index contributed by atoms with van der Waals surface area (Å²) in [4.78, 5) is 29.3. The number of carbonyl (C=O) groups is 2. The third kappa shape index (κ3) is 5.19. The van der Waals surface area contributed by atoms with Crippen molar-refractivity contribution in [1.82, 2.24) is 15.1 Å². The van der Waals surface area contributed by atoms with Crippen LogP contribution in [-0.2, 0) is 20.9 Å². The molecule has 1 aromatic carbocycles. The van der Waals surface area contributed by atoms with Gasteiger partial charge in [-0.15, -0.1) is 0 Å². The van der Waals surface area contributed by atoms with Gasteiger partial charge in [-0.2, -0.15) is 0 Å². The fourth-order valence-electron chi connectivity index (χ4n) is 4.02. The fraction of sp³-hybridized carbons (Fsp3) is 0.619. The van der Waals surface area contributed by atoms with Crippen LogP contribution < -0.4 is 14.8 Å². The van der Waals surface area contributed by atoms with E-state index >= 15 is 0 Å². The average Bonchev–Trinajstić information content (AvgIpc) is 2.76. The molecule has 0 aliphatic carbocycles. The van der Waals surface area contributed by atoms with Crippen LogP contribution in [0.1, 0.15) is 24.8 Å².